The average molecular weight is 314 g/mol. The molecule has 2 saturated carbocycles. The summed E-state index contributed by atoms with van der Waals surface area (Å²) in [7, 11) is 0. The summed E-state index contributed by atoms with van der Waals surface area (Å²) in [6.07, 6.45) is 4.58. The molecular formula is C16H27FN2O3. The van der Waals surface area contributed by atoms with Crippen molar-refractivity contribution in [1.82, 2.24) is 10.8 Å². The molecule has 0 bridgehead atoms. The minimum Gasteiger partial charge on any atom is -0.481 e. The summed E-state index contributed by atoms with van der Waals surface area (Å²) in [5.41, 5.74) is 3.00. The lowest BCUT2D eigenvalue weighted by molar-refractivity contribution is -0.143. The van der Waals surface area contributed by atoms with Gasteiger partial charge >= 0.3 is 5.97 Å². The normalized spacial score (nSPS) is 46.5. The van der Waals surface area contributed by atoms with Gasteiger partial charge in [-0.25, -0.2) is 4.39 Å². The van der Waals surface area contributed by atoms with Crippen LogP contribution in [0.4, 0.5) is 4.39 Å². The standard InChI is InChI=1S/C16H27FN2O3/c1-9-5-6-13(17)12(7-9)15-18-14(19-22-15)10-3-2-4-11(8-10)16(20)21/h9-15,18-19H,2-8H2,1H3,(H,20,21). The number of halogens is 1. The number of nitrogens with one attached hydrogen (secondary N) is 2. The van der Waals surface area contributed by atoms with Crippen molar-refractivity contribution in [3.8, 4) is 0 Å². The zero-order chi connectivity index (χ0) is 15.7. The first kappa shape index (κ1) is 16.1. The van der Waals surface area contributed by atoms with E-state index in [0.717, 1.165) is 32.1 Å². The van der Waals surface area contributed by atoms with Gasteiger partial charge in [-0.15, -0.1) is 0 Å². The molecule has 1 aliphatic heterocycles. The molecule has 3 fully saturated rings. The van der Waals surface area contributed by atoms with Gasteiger partial charge in [0, 0.05) is 5.92 Å². The van der Waals surface area contributed by atoms with Crippen molar-refractivity contribution in [2.45, 2.75) is 70.4 Å². The van der Waals surface area contributed by atoms with Gasteiger partial charge in [0.05, 0.1) is 12.1 Å². The van der Waals surface area contributed by atoms with Crippen LogP contribution in [0.25, 0.3) is 0 Å². The Kier molecular flexibility index (Phi) is 5.00. The quantitative estimate of drug-likeness (QED) is 0.746. The molecule has 3 N–H and O–H groups in total. The highest BCUT2D eigenvalue weighted by Gasteiger charge is 2.42. The topological polar surface area (TPSA) is 70.6 Å². The SMILES string of the molecule is CC1CCC(F)C(C2NC(C3CCCC(C(=O)O)C3)NO2)C1. The third-order valence-corrected chi connectivity index (χ3v) is 5.66. The molecule has 7 unspecified atom stereocenters. The average Bonchev–Trinajstić information content (AvgIpc) is 2.99. The Morgan fingerprint density at radius 1 is 1.23 bits per heavy atom. The van der Waals surface area contributed by atoms with Crippen molar-refractivity contribution in [3.63, 3.8) is 0 Å². The molecule has 3 rings (SSSR count). The van der Waals surface area contributed by atoms with Crippen LogP contribution in [0.15, 0.2) is 0 Å². The molecule has 22 heavy (non-hydrogen) atoms. The zero-order valence-corrected chi connectivity index (χ0v) is 13.1. The van der Waals surface area contributed by atoms with Crippen molar-refractivity contribution in [2.24, 2.45) is 23.7 Å². The van der Waals surface area contributed by atoms with Gasteiger partial charge in [-0.05, 0) is 50.4 Å². The van der Waals surface area contributed by atoms with E-state index in [1.807, 2.05) is 0 Å². The second kappa shape index (κ2) is 6.81. The predicted molar refractivity (Wildman–Crippen MR) is 79.4 cm³/mol. The molecule has 2 aliphatic carbocycles. The molecule has 0 aromatic heterocycles. The Labute approximate surface area is 130 Å². The molecule has 1 saturated heterocycles. The van der Waals surface area contributed by atoms with Gasteiger partial charge in [-0.1, -0.05) is 13.3 Å². The molecule has 126 valence electrons. The Hall–Kier alpha value is -0.720. The van der Waals surface area contributed by atoms with Gasteiger partial charge in [0.15, 0.2) is 0 Å². The Morgan fingerprint density at radius 2 is 2.05 bits per heavy atom. The maximum atomic E-state index is 14.2. The first-order valence-electron chi connectivity index (χ1n) is 8.58. The summed E-state index contributed by atoms with van der Waals surface area (Å²) in [6.45, 7) is 2.16. The van der Waals surface area contributed by atoms with E-state index in [4.69, 9.17) is 4.84 Å². The summed E-state index contributed by atoms with van der Waals surface area (Å²) in [5.74, 6) is -0.304. The molecule has 3 aliphatic rings. The number of hydrogen-bond acceptors (Lipinski definition) is 4. The molecular weight excluding hydrogens is 287 g/mol. The van der Waals surface area contributed by atoms with Crippen LogP contribution in [-0.4, -0.2) is 29.6 Å². The predicted octanol–water partition coefficient (Wildman–Crippen LogP) is 2.43. The van der Waals surface area contributed by atoms with Crippen molar-refractivity contribution in [1.29, 1.82) is 0 Å². The monoisotopic (exact) mass is 314 g/mol. The molecule has 0 amide bonds. The molecule has 5 nitrogen and oxygen atoms in total. The molecule has 0 spiro atoms. The number of carbonyl (C=O) groups is 1. The number of hydroxylamine groups is 1. The smallest absolute Gasteiger partial charge is 0.306 e. The van der Waals surface area contributed by atoms with Gasteiger partial charge in [0.2, 0.25) is 0 Å². The lowest BCUT2D eigenvalue weighted by Crippen LogP contribution is -2.46. The van der Waals surface area contributed by atoms with Crippen molar-refractivity contribution < 1.29 is 19.1 Å². The van der Waals surface area contributed by atoms with Crippen LogP contribution < -0.4 is 10.8 Å². The second-order valence-electron chi connectivity index (χ2n) is 7.36. The molecule has 0 aromatic rings. The summed E-state index contributed by atoms with van der Waals surface area (Å²) in [4.78, 5) is 16.8. The van der Waals surface area contributed by atoms with E-state index < -0.39 is 12.1 Å². The summed E-state index contributed by atoms with van der Waals surface area (Å²) >= 11 is 0. The Bertz CT molecular complexity index is 409. The van der Waals surface area contributed by atoms with Gasteiger partial charge in [-0.2, -0.15) is 5.48 Å². The zero-order valence-electron chi connectivity index (χ0n) is 13.1. The van der Waals surface area contributed by atoms with Crippen LogP contribution in [0, 0.1) is 23.7 Å². The highest BCUT2D eigenvalue weighted by Crippen LogP contribution is 2.36. The number of alkyl halides is 1. The van der Waals surface area contributed by atoms with Gasteiger partial charge in [0.1, 0.15) is 12.4 Å². The largest absolute Gasteiger partial charge is 0.481 e. The lowest BCUT2D eigenvalue weighted by atomic mass is 9.79. The van der Waals surface area contributed by atoms with Crippen LogP contribution in [-0.2, 0) is 9.63 Å². The van der Waals surface area contributed by atoms with Crippen LogP contribution >= 0.6 is 0 Å². The fraction of sp³-hybridized carbons (Fsp3) is 0.938. The van der Waals surface area contributed by atoms with E-state index in [0.29, 0.717) is 18.8 Å². The van der Waals surface area contributed by atoms with Crippen LogP contribution in [0.3, 0.4) is 0 Å². The van der Waals surface area contributed by atoms with Gasteiger partial charge in [-0.3, -0.25) is 14.9 Å². The number of hydrogen-bond donors (Lipinski definition) is 3. The molecule has 1 heterocycles. The van der Waals surface area contributed by atoms with Crippen LogP contribution in [0.5, 0.6) is 0 Å². The minimum absolute atomic E-state index is 0.0587. The van der Waals surface area contributed by atoms with E-state index in [2.05, 4.69) is 17.7 Å². The first-order valence-corrected chi connectivity index (χ1v) is 8.58. The summed E-state index contributed by atoms with van der Waals surface area (Å²) in [6, 6.07) is 0. The number of aliphatic carboxylic acids is 1. The van der Waals surface area contributed by atoms with Gasteiger partial charge in [0.25, 0.3) is 0 Å². The van der Waals surface area contributed by atoms with E-state index in [9.17, 15) is 14.3 Å². The summed E-state index contributed by atoms with van der Waals surface area (Å²) < 4.78 is 14.2. The maximum absolute atomic E-state index is 14.2. The van der Waals surface area contributed by atoms with E-state index in [-0.39, 0.29) is 30.1 Å². The molecule has 7 atom stereocenters. The third-order valence-electron chi connectivity index (χ3n) is 5.66. The number of carboxylic acid groups (broad SMARTS) is 1. The minimum atomic E-state index is -0.813. The summed E-state index contributed by atoms with van der Waals surface area (Å²) in [5, 5.41) is 12.6. The van der Waals surface area contributed by atoms with Crippen molar-refractivity contribution >= 4 is 5.97 Å². The van der Waals surface area contributed by atoms with Crippen LogP contribution in [0.1, 0.15) is 51.9 Å². The first-order chi connectivity index (χ1) is 10.5. The van der Waals surface area contributed by atoms with Gasteiger partial charge < -0.3 is 5.11 Å². The fourth-order valence-electron chi connectivity index (χ4n) is 4.29. The van der Waals surface area contributed by atoms with E-state index in [1.54, 1.807) is 0 Å². The van der Waals surface area contributed by atoms with Crippen molar-refractivity contribution in [2.75, 3.05) is 0 Å². The Balaban J connectivity index is 1.56. The maximum Gasteiger partial charge on any atom is 0.306 e. The van der Waals surface area contributed by atoms with E-state index >= 15 is 0 Å². The van der Waals surface area contributed by atoms with Crippen LogP contribution in [0.2, 0.25) is 0 Å². The second-order valence-corrected chi connectivity index (χ2v) is 7.36. The van der Waals surface area contributed by atoms with Crippen molar-refractivity contribution in [3.05, 3.63) is 0 Å². The molecule has 0 aromatic carbocycles. The lowest BCUT2D eigenvalue weighted by Gasteiger charge is -2.34. The fourth-order valence-corrected chi connectivity index (χ4v) is 4.29. The third kappa shape index (κ3) is 3.44. The van der Waals surface area contributed by atoms with E-state index in [1.165, 1.54) is 0 Å². The molecule has 6 heteroatoms. The highest BCUT2D eigenvalue weighted by molar-refractivity contribution is 5.70. The number of carboxylic acids is 1. The Morgan fingerprint density at radius 3 is 2.82 bits per heavy atom. The highest BCUT2D eigenvalue weighted by atomic mass is 19.1. The molecule has 0 radical (unpaired) electrons. The number of rotatable bonds is 3.